The fourth-order valence-corrected chi connectivity index (χ4v) is 4.83. The number of nitrogens with zero attached hydrogens (tertiary/aromatic N) is 2. The molecule has 1 aliphatic carbocycles. The third-order valence-corrected chi connectivity index (χ3v) is 6.71. The third kappa shape index (κ3) is 5.16. The second-order valence-electron chi connectivity index (χ2n) is 8.92. The van der Waals surface area contributed by atoms with Gasteiger partial charge in [0.15, 0.2) is 0 Å². The Kier molecular flexibility index (Phi) is 6.92. The molecule has 1 N–H and O–H groups in total. The first-order chi connectivity index (χ1) is 15.9. The van der Waals surface area contributed by atoms with E-state index < -0.39 is 0 Å². The van der Waals surface area contributed by atoms with Crippen LogP contribution >= 0.6 is 0 Å². The number of benzene rings is 2. The number of fused-ring (bicyclic) bond motifs is 1. The van der Waals surface area contributed by atoms with Crippen LogP contribution in [0, 0.1) is 0 Å². The highest BCUT2D eigenvalue weighted by Crippen LogP contribution is 2.33. The van der Waals surface area contributed by atoms with Crippen LogP contribution in [0.5, 0.6) is 0 Å². The number of carbonyl (C=O) groups is 3. The highest BCUT2D eigenvalue weighted by molar-refractivity contribution is 5.96. The molecule has 2 aromatic rings. The first kappa shape index (κ1) is 22.8. The summed E-state index contributed by atoms with van der Waals surface area (Å²) in [7, 11) is 1.88. The highest BCUT2D eigenvalue weighted by atomic mass is 16.2. The molecule has 1 heterocycles. The molecule has 2 aromatic carbocycles. The molecule has 0 saturated heterocycles. The minimum atomic E-state index is -0.353. The van der Waals surface area contributed by atoms with Crippen molar-refractivity contribution in [3.63, 3.8) is 0 Å². The summed E-state index contributed by atoms with van der Waals surface area (Å²) >= 11 is 0. The first-order valence-corrected chi connectivity index (χ1v) is 11.7. The molecule has 2 aliphatic rings. The van der Waals surface area contributed by atoms with E-state index in [-0.39, 0.29) is 30.2 Å². The quantitative estimate of drug-likeness (QED) is 0.705. The Labute approximate surface area is 195 Å². The van der Waals surface area contributed by atoms with Gasteiger partial charge in [-0.2, -0.15) is 0 Å². The summed E-state index contributed by atoms with van der Waals surface area (Å²) < 4.78 is 0. The summed E-state index contributed by atoms with van der Waals surface area (Å²) in [4.78, 5) is 41.3. The standard InChI is InChI=1S/C27H31N3O3/c1-19(31)30-17-16-20-8-6-7-11-24(20)25(30)18-26(32)28-22-14-12-21(13-15-22)27(33)29(2)23-9-4-3-5-10-23/h6-8,11-17,23,25H,3-5,9-10,18H2,1-2H3,(H,28,32). The largest absolute Gasteiger partial charge is 0.339 e. The van der Waals surface area contributed by atoms with Crippen LogP contribution in [0.25, 0.3) is 6.08 Å². The second kappa shape index (κ2) is 10.0. The molecule has 0 spiro atoms. The SMILES string of the molecule is CC(=O)N1C=Cc2ccccc2C1CC(=O)Nc1ccc(C(=O)N(C)C2CCCCC2)cc1. The molecule has 172 valence electrons. The van der Waals surface area contributed by atoms with Crippen LogP contribution in [0.1, 0.15) is 73.0 Å². The van der Waals surface area contributed by atoms with Crippen LogP contribution in [-0.2, 0) is 9.59 Å². The average molecular weight is 446 g/mol. The van der Waals surface area contributed by atoms with Crippen LogP contribution < -0.4 is 5.32 Å². The predicted octanol–water partition coefficient (Wildman–Crippen LogP) is 4.99. The fraction of sp³-hybridized carbons (Fsp3) is 0.370. The van der Waals surface area contributed by atoms with E-state index in [2.05, 4.69) is 5.32 Å². The van der Waals surface area contributed by atoms with Crippen molar-refractivity contribution in [2.45, 2.75) is 57.5 Å². The Morgan fingerprint density at radius 1 is 1.00 bits per heavy atom. The number of nitrogens with one attached hydrogen (secondary N) is 1. The van der Waals surface area contributed by atoms with Crippen molar-refractivity contribution in [2.24, 2.45) is 0 Å². The summed E-state index contributed by atoms with van der Waals surface area (Å²) in [5, 5.41) is 2.91. The lowest BCUT2D eigenvalue weighted by Gasteiger charge is -2.32. The Hall–Kier alpha value is -3.41. The molecule has 4 rings (SSSR count). The second-order valence-corrected chi connectivity index (χ2v) is 8.92. The summed E-state index contributed by atoms with van der Waals surface area (Å²) in [5.41, 5.74) is 3.22. The number of hydrogen-bond acceptors (Lipinski definition) is 3. The Morgan fingerprint density at radius 3 is 2.39 bits per heavy atom. The van der Waals surface area contributed by atoms with Gasteiger partial charge in [0.1, 0.15) is 0 Å². The fourth-order valence-electron chi connectivity index (χ4n) is 4.83. The smallest absolute Gasteiger partial charge is 0.253 e. The molecular weight excluding hydrogens is 414 g/mol. The average Bonchev–Trinajstić information content (AvgIpc) is 2.84. The van der Waals surface area contributed by atoms with Crippen molar-refractivity contribution in [2.75, 3.05) is 12.4 Å². The van der Waals surface area contributed by atoms with Gasteiger partial charge in [-0.05, 0) is 54.3 Å². The maximum atomic E-state index is 12.9. The summed E-state index contributed by atoms with van der Waals surface area (Å²) in [6, 6.07) is 14.8. The molecule has 1 aliphatic heterocycles. The molecule has 1 fully saturated rings. The third-order valence-electron chi connectivity index (χ3n) is 6.71. The van der Waals surface area contributed by atoms with Crippen molar-refractivity contribution >= 4 is 29.5 Å². The van der Waals surface area contributed by atoms with E-state index in [0.717, 1.165) is 24.0 Å². The van der Waals surface area contributed by atoms with Crippen LogP contribution in [0.4, 0.5) is 5.69 Å². The Bertz CT molecular complexity index is 1050. The summed E-state index contributed by atoms with van der Waals surface area (Å²) in [5.74, 6) is -0.277. The molecule has 3 amide bonds. The van der Waals surface area contributed by atoms with E-state index in [0.29, 0.717) is 17.3 Å². The maximum absolute atomic E-state index is 12.9. The molecule has 1 unspecified atom stereocenters. The highest BCUT2D eigenvalue weighted by Gasteiger charge is 2.28. The normalized spacial score (nSPS) is 17.9. The Morgan fingerprint density at radius 2 is 1.70 bits per heavy atom. The van der Waals surface area contributed by atoms with E-state index in [1.165, 1.54) is 26.2 Å². The zero-order valence-corrected chi connectivity index (χ0v) is 19.3. The topological polar surface area (TPSA) is 69.7 Å². The van der Waals surface area contributed by atoms with Crippen molar-refractivity contribution < 1.29 is 14.4 Å². The maximum Gasteiger partial charge on any atom is 0.253 e. The summed E-state index contributed by atoms with van der Waals surface area (Å²) in [6.07, 6.45) is 9.51. The number of amides is 3. The van der Waals surface area contributed by atoms with Crippen molar-refractivity contribution in [3.05, 3.63) is 71.4 Å². The minimum Gasteiger partial charge on any atom is -0.339 e. The monoisotopic (exact) mass is 445 g/mol. The van der Waals surface area contributed by atoms with Gasteiger partial charge in [-0.25, -0.2) is 0 Å². The van der Waals surface area contributed by atoms with Crippen molar-refractivity contribution in [3.8, 4) is 0 Å². The zero-order chi connectivity index (χ0) is 23.4. The van der Waals surface area contributed by atoms with Crippen LogP contribution in [0.3, 0.4) is 0 Å². The molecule has 0 radical (unpaired) electrons. The molecule has 1 atom stereocenters. The number of rotatable bonds is 5. The molecule has 6 nitrogen and oxygen atoms in total. The van der Waals surface area contributed by atoms with Gasteiger partial charge in [0.2, 0.25) is 11.8 Å². The molecule has 33 heavy (non-hydrogen) atoms. The van der Waals surface area contributed by atoms with Gasteiger partial charge in [0.25, 0.3) is 5.91 Å². The molecule has 6 heteroatoms. The zero-order valence-electron chi connectivity index (χ0n) is 19.3. The molecule has 0 bridgehead atoms. The van der Waals surface area contributed by atoms with Crippen LogP contribution in [0.2, 0.25) is 0 Å². The van der Waals surface area contributed by atoms with Gasteiger partial charge in [0, 0.05) is 37.5 Å². The summed E-state index contributed by atoms with van der Waals surface area (Å²) in [6.45, 7) is 1.50. The van der Waals surface area contributed by atoms with Gasteiger partial charge < -0.3 is 15.1 Å². The van der Waals surface area contributed by atoms with E-state index >= 15 is 0 Å². The van der Waals surface area contributed by atoms with E-state index in [1.54, 1.807) is 35.4 Å². The van der Waals surface area contributed by atoms with E-state index in [9.17, 15) is 14.4 Å². The first-order valence-electron chi connectivity index (χ1n) is 11.7. The lowest BCUT2D eigenvalue weighted by atomic mass is 9.93. The van der Waals surface area contributed by atoms with Gasteiger partial charge >= 0.3 is 0 Å². The van der Waals surface area contributed by atoms with Crippen molar-refractivity contribution in [1.29, 1.82) is 0 Å². The number of anilines is 1. The van der Waals surface area contributed by atoms with E-state index in [1.807, 2.05) is 42.3 Å². The molecule has 1 saturated carbocycles. The minimum absolute atomic E-state index is 0.0162. The van der Waals surface area contributed by atoms with Crippen LogP contribution in [0.15, 0.2) is 54.7 Å². The van der Waals surface area contributed by atoms with Gasteiger partial charge in [-0.1, -0.05) is 43.5 Å². The Balaban J connectivity index is 1.41. The predicted molar refractivity (Wildman–Crippen MR) is 129 cm³/mol. The van der Waals surface area contributed by atoms with Gasteiger partial charge in [-0.15, -0.1) is 0 Å². The lowest BCUT2D eigenvalue weighted by molar-refractivity contribution is -0.129. The van der Waals surface area contributed by atoms with Crippen LogP contribution in [-0.4, -0.2) is 40.6 Å². The number of carbonyl (C=O) groups excluding carboxylic acids is 3. The van der Waals surface area contributed by atoms with E-state index in [4.69, 9.17) is 0 Å². The van der Waals surface area contributed by atoms with Gasteiger partial charge in [0.05, 0.1) is 12.5 Å². The number of hydrogen-bond donors (Lipinski definition) is 1. The van der Waals surface area contributed by atoms with Crippen molar-refractivity contribution in [1.82, 2.24) is 9.80 Å². The van der Waals surface area contributed by atoms with Gasteiger partial charge in [-0.3, -0.25) is 14.4 Å². The molecular formula is C27H31N3O3. The lowest BCUT2D eigenvalue weighted by Crippen LogP contribution is -2.38. The molecule has 0 aromatic heterocycles.